The molecule has 1 heterocycles. The van der Waals surface area contributed by atoms with Gasteiger partial charge < -0.3 is 10.2 Å². The van der Waals surface area contributed by atoms with Crippen LogP contribution in [0.5, 0.6) is 0 Å². The molecule has 0 aliphatic rings. The van der Waals surface area contributed by atoms with E-state index in [1.807, 2.05) is 0 Å². The zero-order valence-corrected chi connectivity index (χ0v) is 7.57. The fraction of sp³-hybridized carbons (Fsp3) is 0.111. The van der Waals surface area contributed by atoms with Crippen LogP contribution in [0.3, 0.4) is 0 Å². The molecule has 0 amide bonds. The smallest absolute Gasteiger partial charge is 0.384 e. The molecule has 0 aliphatic carbocycles. The van der Waals surface area contributed by atoms with E-state index in [1.165, 1.54) is 13.3 Å². The molecule has 0 saturated carbocycles. The van der Waals surface area contributed by atoms with Crippen molar-refractivity contribution < 1.29 is 9.53 Å². The molecule has 1 aromatic rings. The van der Waals surface area contributed by atoms with Gasteiger partial charge in [0.25, 0.3) is 0 Å². The molecule has 0 aliphatic heterocycles. The molecule has 0 radical (unpaired) electrons. The van der Waals surface area contributed by atoms with E-state index in [9.17, 15) is 4.79 Å². The lowest BCUT2D eigenvalue weighted by atomic mass is 10.3. The van der Waals surface area contributed by atoms with Crippen molar-refractivity contribution in [1.29, 1.82) is 0 Å². The Hall–Kier alpha value is -2.06. The molecular formula is C9H9N3O2. The largest absolute Gasteiger partial charge is 0.459 e. The Bertz CT molecular complexity index is 375. The maximum Gasteiger partial charge on any atom is 0.384 e. The lowest BCUT2D eigenvalue weighted by Gasteiger charge is -1.96. The van der Waals surface area contributed by atoms with Crippen molar-refractivity contribution in [3.05, 3.63) is 23.9 Å². The van der Waals surface area contributed by atoms with E-state index in [0.717, 1.165) is 0 Å². The number of hydrogen-bond acceptors (Lipinski definition) is 5. The molecule has 1 rings (SSSR count). The number of anilines is 1. The fourth-order valence-electron chi connectivity index (χ4n) is 0.727. The molecule has 0 spiro atoms. The fourth-order valence-corrected chi connectivity index (χ4v) is 0.727. The van der Waals surface area contributed by atoms with Crippen molar-refractivity contribution in [2.75, 3.05) is 12.5 Å². The number of rotatable bonds is 1. The van der Waals surface area contributed by atoms with E-state index in [4.69, 9.17) is 5.84 Å². The average Bonchev–Trinajstić information content (AvgIpc) is 2.26. The number of nitrogens with one attached hydrogen (secondary N) is 1. The van der Waals surface area contributed by atoms with Crippen molar-refractivity contribution >= 4 is 11.8 Å². The summed E-state index contributed by atoms with van der Waals surface area (Å²) in [7, 11) is 1.27. The van der Waals surface area contributed by atoms with Crippen molar-refractivity contribution in [3.8, 4) is 11.8 Å². The number of hydrogen-bond donors (Lipinski definition) is 2. The number of nitrogens with zero attached hydrogens (tertiary/aromatic N) is 1. The molecule has 0 saturated heterocycles. The van der Waals surface area contributed by atoms with Crippen LogP contribution in [0, 0.1) is 11.8 Å². The van der Waals surface area contributed by atoms with E-state index in [1.54, 1.807) is 12.1 Å². The number of methoxy groups -OCH3 is 1. The summed E-state index contributed by atoms with van der Waals surface area (Å²) in [5.41, 5.74) is 3.00. The van der Waals surface area contributed by atoms with Gasteiger partial charge in [-0.1, -0.05) is 5.92 Å². The number of carbonyl (C=O) groups excluding carboxylic acids is 1. The third-order valence-corrected chi connectivity index (χ3v) is 1.41. The van der Waals surface area contributed by atoms with Crippen LogP contribution in [0.1, 0.15) is 5.56 Å². The lowest BCUT2D eigenvalue weighted by molar-refractivity contribution is -0.133. The molecule has 5 heteroatoms. The normalized spacial score (nSPS) is 8.43. The molecule has 72 valence electrons. The highest BCUT2D eigenvalue weighted by Gasteiger charge is 1.92. The molecule has 0 unspecified atom stereocenters. The van der Waals surface area contributed by atoms with E-state index in [0.29, 0.717) is 11.4 Å². The standard InChI is InChI=1S/C9H9N3O2/c1-14-9(13)5-3-7-2-4-8(12-10)11-6-7/h2,4,6H,10H2,1H3,(H,11,12). The first-order chi connectivity index (χ1) is 6.76. The van der Waals surface area contributed by atoms with Crippen LogP contribution in [-0.4, -0.2) is 18.1 Å². The van der Waals surface area contributed by atoms with E-state index in [-0.39, 0.29) is 0 Å². The number of pyridine rings is 1. The van der Waals surface area contributed by atoms with Gasteiger partial charge in [0.05, 0.1) is 7.11 Å². The lowest BCUT2D eigenvalue weighted by Crippen LogP contribution is -2.07. The second kappa shape index (κ2) is 4.84. The minimum atomic E-state index is -0.578. The minimum Gasteiger partial charge on any atom is -0.459 e. The molecule has 14 heavy (non-hydrogen) atoms. The van der Waals surface area contributed by atoms with Gasteiger partial charge in [-0.25, -0.2) is 15.6 Å². The topological polar surface area (TPSA) is 77.2 Å². The van der Waals surface area contributed by atoms with Gasteiger partial charge in [-0.15, -0.1) is 0 Å². The van der Waals surface area contributed by atoms with Crippen LogP contribution in [-0.2, 0) is 9.53 Å². The summed E-state index contributed by atoms with van der Waals surface area (Å²) in [6.07, 6.45) is 1.51. The van der Waals surface area contributed by atoms with Gasteiger partial charge in [-0.3, -0.25) is 0 Å². The number of nitrogens with two attached hydrogens (primary N) is 1. The number of hydrazine groups is 1. The maximum absolute atomic E-state index is 10.7. The van der Waals surface area contributed by atoms with Crippen molar-refractivity contribution in [3.63, 3.8) is 0 Å². The zero-order valence-electron chi connectivity index (χ0n) is 7.57. The summed E-state index contributed by atoms with van der Waals surface area (Å²) in [5, 5.41) is 0. The third kappa shape index (κ3) is 2.77. The monoisotopic (exact) mass is 191 g/mol. The highest BCUT2D eigenvalue weighted by Crippen LogP contribution is 2.01. The van der Waals surface area contributed by atoms with Crippen LogP contribution in [0.25, 0.3) is 0 Å². The Labute approximate surface area is 81.2 Å². The summed E-state index contributed by atoms with van der Waals surface area (Å²) in [6, 6.07) is 3.35. The van der Waals surface area contributed by atoms with Gasteiger partial charge in [0.2, 0.25) is 0 Å². The molecule has 1 aromatic heterocycles. The van der Waals surface area contributed by atoms with Crippen LogP contribution in [0.2, 0.25) is 0 Å². The van der Waals surface area contributed by atoms with Crippen molar-refractivity contribution in [2.45, 2.75) is 0 Å². The molecule has 0 aromatic carbocycles. The van der Waals surface area contributed by atoms with Crippen molar-refractivity contribution in [2.24, 2.45) is 5.84 Å². The highest BCUT2D eigenvalue weighted by molar-refractivity contribution is 5.88. The van der Waals surface area contributed by atoms with E-state index in [2.05, 4.69) is 27.0 Å². The van der Waals surface area contributed by atoms with E-state index < -0.39 is 5.97 Å². The van der Waals surface area contributed by atoms with Crippen molar-refractivity contribution in [1.82, 2.24) is 4.98 Å². The number of nitrogen functional groups attached to an aromatic ring is 1. The zero-order chi connectivity index (χ0) is 10.4. The Morgan fingerprint density at radius 3 is 2.93 bits per heavy atom. The van der Waals surface area contributed by atoms with Gasteiger partial charge in [0.1, 0.15) is 5.82 Å². The Balaban J connectivity index is 2.76. The summed E-state index contributed by atoms with van der Waals surface area (Å²) < 4.78 is 4.35. The van der Waals surface area contributed by atoms with Gasteiger partial charge in [-0.2, -0.15) is 0 Å². The Kier molecular flexibility index (Phi) is 3.47. The van der Waals surface area contributed by atoms with Crippen LogP contribution < -0.4 is 11.3 Å². The van der Waals surface area contributed by atoms with E-state index >= 15 is 0 Å². The third-order valence-electron chi connectivity index (χ3n) is 1.41. The molecule has 0 fully saturated rings. The number of ether oxygens (including phenoxy) is 1. The average molecular weight is 191 g/mol. The second-order valence-electron chi connectivity index (χ2n) is 2.32. The molecular weight excluding hydrogens is 182 g/mol. The Morgan fingerprint density at radius 2 is 2.43 bits per heavy atom. The van der Waals surface area contributed by atoms with Gasteiger partial charge in [0.15, 0.2) is 0 Å². The first-order valence-corrected chi connectivity index (χ1v) is 3.79. The van der Waals surface area contributed by atoms with Crippen LogP contribution in [0.15, 0.2) is 18.3 Å². The summed E-state index contributed by atoms with van der Waals surface area (Å²) in [6.45, 7) is 0. The van der Waals surface area contributed by atoms with Gasteiger partial charge in [0, 0.05) is 17.7 Å². The highest BCUT2D eigenvalue weighted by atomic mass is 16.5. The quantitative estimate of drug-likeness (QED) is 0.280. The summed E-state index contributed by atoms with van der Waals surface area (Å²) in [4.78, 5) is 14.6. The second-order valence-corrected chi connectivity index (χ2v) is 2.32. The molecule has 0 atom stereocenters. The number of carbonyl (C=O) groups is 1. The molecule has 3 N–H and O–H groups in total. The predicted molar refractivity (Wildman–Crippen MR) is 50.9 cm³/mol. The number of aromatic nitrogens is 1. The maximum atomic E-state index is 10.7. The first kappa shape index (κ1) is 10.0. The first-order valence-electron chi connectivity index (χ1n) is 3.79. The summed E-state index contributed by atoms with van der Waals surface area (Å²) in [5.74, 6) is 9.95. The summed E-state index contributed by atoms with van der Waals surface area (Å²) >= 11 is 0. The van der Waals surface area contributed by atoms with Gasteiger partial charge >= 0.3 is 5.97 Å². The molecule has 0 bridgehead atoms. The van der Waals surface area contributed by atoms with Crippen LogP contribution in [0.4, 0.5) is 5.82 Å². The molecule has 5 nitrogen and oxygen atoms in total. The SMILES string of the molecule is COC(=O)C#Cc1ccc(NN)nc1. The number of esters is 1. The minimum absolute atomic E-state index is 0.536. The van der Waals surface area contributed by atoms with Gasteiger partial charge in [-0.05, 0) is 12.1 Å². The Morgan fingerprint density at radius 1 is 1.64 bits per heavy atom. The van der Waals surface area contributed by atoms with Crippen LogP contribution >= 0.6 is 0 Å². The predicted octanol–water partition coefficient (Wildman–Crippen LogP) is -0.108.